The zero-order valence-corrected chi connectivity index (χ0v) is 17.9. The van der Waals surface area contributed by atoms with Crippen molar-refractivity contribution in [1.82, 2.24) is 5.32 Å². The van der Waals surface area contributed by atoms with Crippen molar-refractivity contribution in [3.63, 3.8) is 0 Å². The quantitative estimate of drug-likeness (QED) is 0.624. The monoisotopic (exact) mass is 399 g/mol. The molecule has 0 saturated carbocycles. The molecule has 0 radical (unpaired) electrons. The highest BCUT2D eigenvalue weighted by Gasteiger charge is 2.25. The van der Waals surface area contributed by atoms with Crippen LogP contribution in [0.4, 0.5) is 4.79 Å². The molecule has 8 nitrogen and oxygen atoms in total. The first-order valence-corrected chi connectivity index (χ1v) is 9.34. The number of amides is 1. The molecule has 0 aromatic heterocycles. The average molecular weight is 399 g/mol. The number of aliphatic hydroxyl groups is 1. The second kappa shape index (κ2) is 10.8. The first-order chi connectivity index (χ1) is 13.2. The van der Waals surface area contributed by atoms with Crippen LogP contribution in [0.5, 0.6) is 23.0 Å². The highest BCUT2D eigenvalue weighted by Crippen LogP contribution is 2.47. The first kappa shape index (κ1) is 23.7. The summed E-state index contributed by atoms with van der Waals surface area (Å²) < 4.78 is 27.7. The molecule has 0 bridgehead atoms. The Morgan fingerprint density at radius 1 is 1.07 bits per heavy atom. The molecule has 0 heterocycles. The van der Waals surface area contributed by atoms with Crippen molar-refractivity contribution in [2.45, 2.75) is 52.7 Å². The van der Waals surface area contributed by atoms with Crippen LogP contribution in [0.3, 0.4) is 0 Å². The number of carbonyl (C=O) groups excluding carboxylic acids is 1. The topological polar surface area (TPSA) is 95.5 Å². The molecule has 1 aromatic rings. The largest absolute Gasteiger partial charge is 0.490 e. The third-order valence-corrected chi connectivity index (χ3v) is 3.64. The first-order valence-electron chi connectivity index (χ1n) is 9.34. The van der Waals surface area contributed by atoms with Gasteiger partial charge in [-0.2, -0.15) is 0 Å². The van der Waals surface area contributed by atoms with Gasteiger partial charge in [-0.25, -0.2) is 4.79 Å². The van der Waals surface area contributed by atoms with Crippen molar-refractivity contribution in [3.05, 3.63) is 11.6 Å². The molecule has 1 amide bonds. The molecule has 0 spiro atoms. The summed E-state index contributed by atoms with van der Waals surface area (Å²) >= 11 is 0. The van der Waals surface area contributed by atoms with Crippen molar-refractivity contribution < 1.29 is 33.6 Å². The molecule has 0 fully saturated rings. The van der Waals surface area contributed by atoms with E-state index in [0.29, 0.717) is 41.8 Å². The molecular formula is C20H33NO7. The Kier molecular flexibility index (Phi) is 9.18. The van der Waals surface area contributed by atoms with Gasteiger partial charge in [0.1, 0.15) is 5.60 Å². The van der Waals surface area contributed by atoms with Crippen molar-refractivity contribution in [1.29, 1.82) is 0 Å². The maximum Gasteiger partial charge on any atom is 0.407 e. The van der Waals surface area contributed by atoms with Gasteiger partial charge in [-0.15, -0.1) is 0 Å². The Morgan fingerprint density at radius 2 is 1.68 bits per heavy atom. The minimum atomic E-state index is -0.633. The SMILES string of the molecule is CCOc1cc(CC(CO)NC(=O)OC(C)(C)C)c(OCC)c(OC)c1OC. The minimum Gasteiger partial charge on any atom is -0.490 e. The fraction of sp³-hybridized carbons (Fsp3) is 0.650. The molecule has 0 aliphatic heterocycles. The van der Waals surface area contributed by atoms with Crippen LogP contribution in [0.2, 0.25) is 0 Å². The summed E-state index contributed by atoms with van der Waals surface area (Å²) in [7, 11) is 3.04. The number of ether oxygens (including phenoxy) is 5. The molecule has 28 heavy (non-hydrogen) atoms. The summed E-state index contributed by atoms with van der Waals surface area (Å²) in [5.74, 6) is 1.81. The number of hydrogen-bond acceptors (Lipinski definition) is 7. The zero-order valence-electron chi connectivity index (χ0n) is 17.9. The summed E-state index contributed by atoms with van der Waals surface area (Å²) in [4.78, 5) is 12.1. The Balaban J connectivity index is 3.24. The lowest BCUT2D eigenvalue weighted by Crippen LogP contribution is -2.42. The molecule has 0 saturated heterocycles. The smallest absolute Gasteiger partial charge is 0.407 e. The molecule has 0 aliphatic carbocycles. The van der Waals surface area contributed by atoms with Crippen LogP contribution in [0, 0.1) is 0 Å². The van der Waals surface area contributed by atoms with Crippen molar-refractivity contribution in [2.75, 3.05) is 34.0 Å². The summed E-state index contributed by atoms with van der Waals surface area (Å²) in [5, 5.41) is 12.4. The second-order valence-corrected chi connectivity index (χ2v) is 7.03. The number of carbonyl (C=O) groups is 1. The van der Waals surface area contributed by atoms with Crippen molar-refractivity contribution >= 4 is 6.09 Å². The summed E-state index contributed by atoms with van der Waals surface area (Å²) in [5.41, 5.74) is 0.0736. The van der Waals surface area contributed by atoms with Crippen LogP contribution < -0.4 is 24.3 Å². The number of nitrogens with one attached hydrogen (secondary N) is 1. The fourth-order valence-electron chi connectivity index (χ4n) is 2.65. The minimum absolute atomic E-state index is 0.275. The standard InChI is InChI=1S/C20H33NO7/c1-8-26-15-11-13(16(27-9-2)18(25-7)17(15)24-6)10-14(12-22)21-19(23)28-20(3,4)5/h11,14,22H,8-10,12H2,1-7H3,(H,21,23). The Morgan fingerprint density at radius 3 is 2.14 bits per heavy atom. The molecule has 160 valence electrons. The van der Waals surface area contributed by atoms with Crippen LogP contribution in [-0.2, 0) is 11.2 Å². The van der Waals surface area contributed by atoms with Crippen LogP contribution in [0.1, 0.15) is 40.2 Å². The highest BCUT2D eigenvalue weighted by atomic mass is 16.6. The van der Waals surface area contributed by atoms with Gasteiger partial charge in [-0.3, -0.25) is 0 Å². The maximum atomic E-state index is 12.1. The number of benzene rings is 1. The Labute approximate surface area is 167 Å². The zero-order chi connectivity index (χ0) is 21.3. The lowest BCUT2D eigenvalue weighted by molar-refractivity contribution is 0.0482. The number of methoxy groups -OCH3 is 2. The van der Waals surface area contributed by atoms with Gasteiger partial charge in [0, 0.05) is 5.56 Å². The third kappa shape index (κ3) is 6.67. The van der Waals surface area contributed by atoms with Gasteiger partial charge >= 0.3 is 6.09 Å². The van der Waals surface area contributed by atoms with Crippen LogP contribution in [-0.4, -0.2) is 56.9 Å². The third-order valence-electron chi connectivity index (χ3n) is 3.64. The summed E-state index contributed by atoms with van der Waals surface area (Å²) in [6, 6.07) is 1.19. The van der Waals surface area contributed by atoms with Gasteiger partial charge in [-0.1, -0.05) is 0 Å². The van der Waals surface area contributed by atoms with E-state index in [2.05, 4.69) is 5.32 Å². The molecule has 1 rings (SSSR count). The summed E-state index contributed by atoms with van der Waals surface area (Å²) in [6.07, 6.45) is -0.319. The van der Waals surface area contributed by atoms with E-state index < -0.39 is 17.7 Å². The number of alkyl carbamates (subject to hydrolysis) is 1. The fourth-order valence-corrected chi connectivity index (χ4v) is 2.65. The highest BCUT2D eigenvalue weighted by molar-refractivity contribution is 5.68. The number of aliphatic hydroxyl groups excluding tert-OH is 1. The lowest BCUT2D eigenvalue weighted by atomic mass is 10.0. The van der Waals surface area contributed by atoms with E-state index in [1.807, 2.05) is 13.8 Å². The van der Waals surface area contributed by atoms with Crippen molar-refractivity contribution in [3.8, 4) is 23.0 Å². The predicted molar refractivity (Wildman–Crippen MR) is 106 cm³/mol. The summed E-state index contributed by atoms with van der Waals surface area (Å²) in [6.45, 7) is 9.61. The van der Waals surface area contributed by atoms with E-state index in [4.69, 9.17) is 23.7 Å². The molecule has 8 heteroatoms. The average Bonchev–Trinajstić information content (AvgIpc) is 2.61. The molecule has 1 aromatic carbocycles. The van der Waals surface area contributed by atoms with E-state index in [1.165, 1.54) is 14.2 Å². The Hall–Kier alpha value is -2.35. The van der Waals surface area contributed by atoms with Gasteiger partial charge < -0.3 is 34.1 Å². The number of hydrogen-bond donors (Lipinski definition) is 2. The van der Waals surface area contributed by atoms with Crippen molar-refractivity contribution in [2.24, 2.45) is 0 Å². The van der Waals surface area contributed by atoms with Crippen LogP contribution in [0.25, 0.3) is 0 Å². The molecular weight excluding hydrogens is 366 g/mol. The maximum absolute atomic E-state index is 12.1. The van der Waals surface area contributed by atoms with Gasteiger partial charge in [0.25, 0.3) is 0 Å². The lowest BCUT2D eigenvalue weighted by Gasteiger charge is -2.24. The van der Waals surface area contributed by atoms with E-state index in [9.17, 15) is 9.90 Å². The van der Waals surface area contributed by atoms with Crippen LogP contribution >= 0.6 is 0 Å². The van der Waals surface area contributed by atoms with Gasteiger partial charge in [-0.05, 0) is 47.1 Å². The van der Waals surface area contributed by atoms with E-state index in [-0.39, 0.29) is 13.0 Å². The van der Waals surface area contributed by atoms with E-state index in [0.717, 1.165) is 0 Å². The molecule has 0 aliphatic rings. The van der Waals surface area contributed by atoms with E-state index >= 15 is 0 Å². The van der Waals surface area contributed by atoms with Gasteiger partial charge in [0.05, 0.1) is 40.1 Å². The normalized spacial score (nSPS) is 12.1. The predicted octanol–water partition coefficient (Wildman–Crippen LogP) is 2.93. The van der Waals surface area contributed by atoms with Gasteiger partial charge in [0.15, 0.2) is 11.5 Å². The van der Waals surface area contributed by atoms with Gasteiger partial charge in [0.2, 0.25) is 11.5 Å². The molecule has 1 unspecified atom stereocenters. The number of rotatable bonds is 10. The molecule has 1 atom stereocenters. The Bertz CT molecular complexity index is 640. The van der Waals surface area contributed by atoms with Crippen LogP contribution in [0.15, 0.2) is 6.07 Å². The molecule has 2 N–H and O–H groups in total. The second-order valence-electron chi connectivity index (χ2n) is 7.03. The van der Waals surface area contributed by atoms with E-state index in [1.54, 1.807) is 26.8 Å².